The molecule has 0 saturated carbocycles. The van der Waals surface area contributed by atoms with E-state index in [1.165, 1.54) is 12.1 Å². The Kier molecular flexibility index (Phi) is 4.24. The number of allylic oxidation sites excluding steroid dienone is 1. The second-order valence-electron chi connectivity index (χ2n) is 6.44. The lowest BCUT2D eigenvalue weighted by molar-refractivity contribution is 0.103. The van der Waals surface area contributed by atoms with Gasteiger partial charge in [-0.15, -0.1) is 0 Å². The molecular formula is C23H17FO3. The van der Waals surface area contributed by atoms with E-state index in [0.717, 1.165) is 22.3 Å². The van der Waals surface area contributed by atoms with Gasteiger partial charge in [0.2, 0.25) is 0 Å². The molecule has 0 atom stereocenters. The van der Waals surface area contributed by atoms with Gasteiger partial charge in [0.15, 0.2) is 5.78 Å². The fraction of sp³-hybridized carbons (Fsp3) is 0.0870. The normalized spacial score (nSPS) is 12.8. The van der Waals surface area contributed by atoms with Crippen molar-refractivity contribution in [1.82, 2.24) is 0 Å². The first kappa shape index (κ1) is 17.0. The van der Waals surface area contributed by atoms with E-state index in [-0.39, 0.29) is 17.3 Å². The lowest BCUT2D eigenvalue weighted by Crippen LogP contribution is -2.05. The smallest absolute Gasteiger partial charge is 0.189 e. The van der Waals surface area contributed by atoms with E-state index in [4.69, 9.17) is 4.74 Å². The highest BCUT2D eigenvalue weighted by molar-refractivity contribution is 6.16. The van der Waals surface area contributed by atoms with E-state index in [1.807, 2.05) is 0 Å². The molecule has 3 aromatic carbocycles. The van der Waals surface area contributed by atoms with Crippen LogP contribution in [0.5, 0.6) is 11.5 Å². The maximum Gasteiger partial charge on any atom is 0.189 e. The average molecular weight is 360 g/mol. The molecule has 134 valence electrons. The van der Waals surface area contributed by atoms with Crippen molar-refractivity contribution >= 4 is 11.4 Å². The summed E-state index contributed by atoms with van der Waals surface area (Å²) in [5.41, 5.74) is 4.51. The molecule has 0 unspecified atom stereocenters. The molecule has 4 rings (SSSR count). The van der Waals surface area contributed by atoms with Crippen LogP contribution < -0.4 is 4.74 Å². The Balaban J connectivity index is 1.84. The number of hydrogen-bond acceptors (Lipinski definition) is 3. The third kappa shape index (κ3) is 3.10. The number of carbonyl (C=O) groups is 1. The van der Waals surface area contributed by atoms with Crippen molar-refractivity contribution in [2.75, 3.05) is 7.11 Å². The molecule has 1 aliphatic carbocycles. The molecule has 0 aromatic heterocycles. The maximum atomic E-state index is 13.4. The van der Waals surface area contributed by atoms with E-state index in [2.05, 4.69) is 0 Å². The predicted molar refractivity (Wildman–Crippen MR) is 102 cm³/mol. The van der Waals surface area contributed by atoms with E-state index >= 15 is 0 Å². The topological polar surface area (TPSA) is 46.5 Å². The third-order valence-corrected chi connectivity index (χ3v) is 4.79. The van der Waals surface area contributed by atoms with E-state index in [1.54, 1.807) is 61.7 Å². The van der Waals surface area contributed by atoms with Gasteiger partial charge in [-0.05, 0) is 70.8 Å². The minimum Gasteiger partial charge on any atom is -0.508 e. The quantitative estimate of drug-likeness (QED) is 0.681. The summed E-state index contributed by atoms with van der Waals surface area (Å²) in [6.07, 6.45) is 0.418. The Morgan fingerprint density at radius 3 is 2.37 bits per heavy atom. The zero-order chi connectivity index (χ0) is 19.0. The second kappa shape index (κ2) is 6.72. The maximum absolute atomic E-state index is 13.4. The van der Waals surface area contributed by atoms with Gasteiger partial charge in [-0.3, -0.25) is 4.79 Å². The van der Waals surface area contributed by atoms with Crippen molar-refractivity contribution < 1.29 is 19.0 Å². The highest BCUT2D eigenvalue weighted by atomic mass is 19.1. The van der Waals surface area contributed by atoms with Crippen molar-refractivity contribution in [2.45, 2.75) is 6.42 Å². The molecule has 0 amide bonds. The number of fused-ring (bicyclic) bond motifs is 1. The average Bonchev–Trinajstić information content (AvgIpc) is 3.06. The number of carbonyl (C=O) groups excluding carboxylic acids is 1. The van der Waals surface area contributed by atoms with Gasteiger partial charge in [0.05, 0.1) is 7.11 Å². The molecule has 3 aromatic rings. The summed E-state index contributed by atoms with van der Waals surface area (Å²) in [7, 11) is 1.58. The molecule has 1 aliphatic rings. The van der Waals surface area contributed by atoms with E-state index in [9.17, 15) is 14.3 Å². The van der Waals surface area contributed by atoms with E-state index < -0.39 is 0 Å². The standard InChI is InChI=1S/C23H17FO3/c1-27-19-9-4-15(5-10-19)23(26)21-13-16-12-18(25)8-11-20(16)22(21)14-2-6-17(24)7-3-14/h2-12,25H,13H2,1H3. The number of phenolic OH excluding ortho intramolecular Hbond substituents is 1. The van der Waals surface area contributed by atoms with Crippen LogP contribution >= 0.6 is 0 Å². The Hall–Kier alpha value is -3.40. The van der Waals surface area contributed by atoms with Crippen LogP contribution in [0.4, 0.5) is 4.39 Å². The minimum absolute atomic E-state index is 0.0901. The van der Waals surface area contributed by atoms with Gasteiger partial charge in [0.1, 0.15) is 17.3 Å². The Morgan fingerprint density at radius 1 is 1.00 bits per heavy atom. The predicted octanol–water partition coefficient (Wildman–Crippen LogP) is 4.78. The molecule has 3 nitrogen and oxygen atoms in total. The number of benzene rings is 3. The van der Waals surface area contributed by atoms with Crippen LogP contribution in [-0.2, 0) is 6.42 Å². The van der Waals surface area contributed by atoms with Crippen molar-refractivity contribution in [3.63, 3.8) is 0 Å². The third-order valence-electron chi connectivity index (χ3n) is 4.79. The number of halogens is 1. The van der Waals surface area contributed by atoms with Crippen molar-refractivity contribution in [2.24, 2.45) is 0 Å². The summed E-state index contributed by atoms with van der Waals surface area (Å²) in [5, 5.41) is 9.82. The van der Waals surface area contributed by atoms with Gasteiger partial charge in [-0.1, -0.05) is 18.2 Å². The van der Waals surface area contributed by atoms with Crippen molar-refractivity contribution in [3.05, 3.63) is 100 Å². The first-order valence-corrected chi connectivity index (χ1v) is 8.57. The monoisotopic (exact) mass is 360 g/mol. The Morgan fingerprint density at radius 2 is 1.70 bits per heavy atom. The molecule has 0 radical (unpaired) electrons. The van der Waals surface area contributed by atoms with Gasteiger partial charge < -0.3 is 9.84 Å². The van der Waals surface area contributed by atoms with Gasteiger partial charge >= 0.3 is 0 Å². The van der Waals surface area contributed by atoms with Crippen LogP contribution in [0.25, 0.3) is 5.57 Å². The molecule has 0 bridgehead atoms. The number of ether oxygens (including phenoxy) is 1. The lowest BCUT2D eigenvalue weighted by atomic mass is 9.94. The second-order valence-corrected chi connectivity index (χ2v) is 6.44. The molecule has 4 heteroatoms. The lowest BCUT2D eigenvalue weighted by Gasteiger charge is -2.09. The largest absolute Gasteiger partial charge is 0.508 e. The molecule has 27 heavy (non-hydrogen) atoms. The summed E-state index contributed by atoms with van der Waals surface area (Å²) in [4.78, 5) is 13.2. The Labute approximate surface area is 156 Å². The molecule has 0 saturated heterocycles. The van der Waals surface area contributed by atoms with Gasteiger partial charge in [0, 0.05) is 17.6 Å². The van der Waals surface area contributed by atoms with Crippen LogP contribution in [0.1, 0.15) is 27.0 Å². The molecule has 0 spiro atoms. The number of rotatable bonds is 4. The number of methoxy groups -OCH3 is 1. The summed E-state index contributed by atoms with van der Waals surface area (Å²) in [6, 6.07) is 18.2. The molecule has 0 fully saturated rings. The van der Waals surface area contributed by atoms with Crippen molar-refractivity contribution in [3.8, 4) is 11.5 Å². The van der Waals surface area contributed by atoms with Crippen LogP contribution in [-0.4, -0.2) is 18.0 Å². The number of hydrogen-bond donors (Lipinski definition) is 1. The number of aromatic hydroxyl groups is 1. The van der Waals surface area contributed by atoms with Crippen LogP contribution in [0.2, 0.25) is 0 Å². The summed E-state index contributed by atoms with van der Waals surface area (Å²) in [5.74, 6) is 0.420. The summed E-state index contributed by atoms with van der Waals surface area (Å²) >= 11 is 0. The van der Waals surface area contributed by atoms with Crippen molar-refractivity contribution in [1.29, 1.82) is 0 Å². The summed E-state index contributed by atoms with van der Waals surface area (Å²) in [6.45, 7) is 0. The van der Waals surface area contributed by atoms with Gasteiger partial charge in [0.25, 0.3) is 0 Å². The highest BCUT2D eigenvalue weighted by Gasteiger charge is 2.28. The molecule has 1 N–H and O–H groups in total. The minimum atomic E-state index is -0.327. The zero-order valence-electron chi connectivity index (χ0n) is 14.7. The van der Waals surface area contributed by atoms with Crippen LogP contribution in [0.15, 0.2) is 72.3 Å². The fourth-order valence-electron chi connectivity index (χ4n) is 3.47. The van der Waals surface area contributed by atoms with Gasteiger partial charge in [-0.2, -0.15) is 0 Å². The number of ketones is 1. The number of Topliss-reactive ketones (excluding diaryl/α,β-unsaturated/α-hetero) is 1. The van der Waals surface area contributed by atoms with Gasteiger partial charge in [-0.25, -0.2) is 4.39 Å². The van der Waals surface area contributed by atoms with Crippen LogP contribution in [0, 0.1) is 5.82 Å². The fourth-order valence-corrected chi connectivity index (χ4v) is 3.47. The van der Waals surface area contributed by atoms with Crippen LogP contribution in [0.3, 0.4) is 0 Å². The zero-order valence-corrected chi connectivity index (χ0v) is 14.7. The molecule has 0 heterocycles. The SMILES string of the molecule is COc1ccc(C(=O)C2=C(c3ccc(F)cc3)c3ccc(O)cc3C2)cc1. The number of phenols is 1. The first-order valence-electron chi connectivity index (χ1n) is 8.57. The van der Waals surface area contributed by atoms with E-state index in [0.29, 0.717) is 23.3 Å². The molecule has 0 aliphatic heterocycles. The highest BCUT2D eigenvalue weighted by Crippen LogP contribution is 2.40. The first-order chi connectivity index (χ1) is 13.1. The summed E-state index contributed by atoms with van der Waals surface area (Å²) < 4.78 is 18.5. The Bertz CT molecular complexity index is 1050. The molecular weight excluding hydrogens is 343 g/mol.